The average Bonchev–Trinajstić information content (AvgIpc) is 2.62. The number of ether oxygens (including phenoxy) is 3. The van der Waals surface area contributed by atoms with Gasteiger partial charge in [-0.25, -0.2) is 0 Å². The molecule has 0 radical (unpaired) electrons. The maximum Gasteiger partial charge on any atom is 0.260 e. The highest BCUT2D eigenvalue weighted by Gasteiger charge is 2.09. The van der Waals surface area contributed by atoms with E-state index in [1.807, 2.05) is 31.2 Å². The topological polar surface area (TPSA) is 39.7 Å². The summed E-state index contributed by atoms with van der Waals surface area (Å²) in [6.07, 6.45) is 1.01. The van der Waals surface area contributed by atoms with Crippen molar-refractivity contribution in [1.82, 2.24) is 0 Å². The summed E-state index contributed by atoms with van der Waals surface area (Å²) >= 11 is 5.10. The predicted octanol–water partition coefficient (Wildman–Crippen LogP) is 4.88. The van der Waals surface area contributed by atoms with Crippen LogP contribution in [0.4, 0.5) is 5.69 Å². The van der Waals surface area contributed by atoms with Gasteiger partial charge in [0.05, 0.1) is 13.7 Å². The Morgan fingerprint density at radius 3 is 2.52 bits per heavy atom. The van der Waals surface area contributed by atoms with Crippen LogP contribution in [0.2, 0.25) is 0 Å². The van der Waals surface area contributed by atoms with Gasteiger partial charge in [0.15, 0.2) is 0 Å². The van der Waals surface area contributed by atoms with Gasteiger partial charge in [-0.05, 0) is 67.9 Å². The first-order chi connectivity index (χ1) is 12.1. The number of anilines is 1. The van der Waals surface area contributed by atoms with Crippen LogP contribution in [-0.4, -0.2) is 18.9 Å². The highest BCUT2D eigenvalue weighted by molar-refractivity contribution is 7.80. The molecule has 0 saturated carbocycles. The van der Waals surface area contributed by atoms with E-state index in [-0.39, 0.29) is 0 Å². The molecular weight excluding hydrogens is 334 g/mol. The molecule has 4 nitrogen and oxygen atoms in total. The Balaban J connectivity index is 2.20. The number of benzene rings is 2. The van der Waals surface area contributed by atoms with Crippen molar-refractivity contribution in [2.45, 2.75) is 33.8 Å². The van der Waals surface area contributed by atoms with Crippen LogP contribution in [0.25, 0.3) is 0 Å². The second kappa shape index (κ2) is 9.28. The number of methoxy groups -OCH3 is 1. The highest BCUT2D eigenvalue weighted by atomic mass is 32.1. The second-order valence-corrected chi connectivity index (χ2v) is 5.98. The van der Waals surface area contributed by atoms with E-state index >= 15 is 0 Å². The maximum atomic E-state index is 6.03. The highest BCUT2D eigenvalue weighted by Crippen LogP contribution is 2.26. The summed E-state index contributed by atoms with van der Waals surface area (Å²) in [5.41, 5.74) is 4.22. The fourth-order valence-corrected chi connectivity index (χ4v) is 2.59. The second-order valence-electron chi connectivity index (χ2n) is 5.61. The van der Waals surface area contributed by atoms with Crippen molar-refractivity contribution in [3.8, 4) is 11.5 Å². The lowest BCUT2D eigenvalue weighted by atomic mass is 10.1. The Kier molecular flexibility index (Phi) is 7.07. The fraction of sp³-hybridized carbons (Fsp3) is 0.350. The van der Waals surface area contributed by atoms with Gasteiger partial charge in [0.1, 0.15) is 18.1 Å². The van der Waals surface area contributed by atoms with Crippen LogP contribution in [0, 0.1) is 6.92 Å². The van der Waals surface area contributed by atoms with Crippen molar-refractivity contribution < 1.29 is 14.2 Å². The van der Waals surface area contributed by atoms with Gasteiger partial charge in [0.2, 0.25) is 0 Å². The lowest BCUT2D eigenvalue weighted by Gasteiger charge is -2.16. The van der Waals surface area contributed by atoms with E-state index in [4.69, 9.17) is 26.4 Å². The fourth-order valence-electron chi connectivity index (χ4n) is 2.48. The molecule has 25 heavy (non-hydrogen) atoms. The minimum Gasteiger partial charge on any atom is -0.494 e. The number of nitrogens with one attached hydrogen (secondary N) is 1. The molecule has 2 aromatic carbocycles. The minimum absolute atomic E-state index is 0.314. The normalized spacial score (nSPS) is 10.2. The van der Waals surface area contributed by atoms with E-state index in [0.717, 1.165) is 34.7 Å². The van der Waals surface area contributed by atoms with Crippen molar-refractivity contribution >= 4 is 23.1 Å². The van der Waals surface area contributed by atoms with Crippen molar-refractivity contribution in [1.29, 1.82) is 0 Å². The van der Waals surface area contributed by atoms with Crippen molar-refractivity contribution in [3.63, 3.8) is 0 Å². The molecule has 2 rings (SSSR count). The van der Waals surface area contributed by atoms with Crippen molar-refractivity contribution in [2.24, 2.45) is 0 Å². The number of rotatable bonds is 7. The van der Waals surface area contributed by atoms with Crippen LogP contribution in [0.1, 0.15) is 30.5 Å². The number of thiocarbonyl (C=S) groups is 1. The van der Waals surface area contributed by atoms with Crippen LogP contribution in [0.5, 0.6) is 11.5 Å². The SMILES string of the molecule is CCOc1ccc(NC(=S)OC)c(COc2ccc(CC)cc2C)c1. The van der Waals surface area contributed by atoms with E-state index in [1.165, 1.54) is 5.56 Å². The summed E-state index contributed by atoms with van der Waals surface area (Å²) in [7, 11) is 1.54. The average molecular weight is 359 g/mol. The standard InChI is InChI=1S/C20H25NO3S/c1-5-15-7-10-19(14(3)11-15)24-13-16-12-17(23-6-2)8-9-18(16)21-20(25)22-4/h7-12H,5-6,13H2,1-4H3,(H,21,25). The zero-order valence-electron chi connectivity index (χ0n) is 15.2. The summed E-state index contributed by atoms with van der Waals surface area (Å²) in [4.78, 5) is 0. The molecule has 0 aromatic heterocycles. The Labute approximate surface area is 155 Å². The van der Waals surface area contributed by atoms with Gasteiger partial charge in [-0.3, -0.25) is 0 Å². The predicted molar refractivity (Wildman–Crippen MR) is 106 cm³/mol. The largest absolute Gasteiger partial charge is 0.494 e. The monoisotopic (exact) mass is 359 g/mol. The molecule has 0 aliphatic heterocycles. The molecule has 5 heteroatoms. The summed E-state index contributed by atoms with van der Waals surface area (Å²) < 4.78 is 16.7. The summed E-state index contributed by atoms with van der Waals surface area (Å²) in [6.45, 7) is 7.18. The summed E-state index contributed by atoms with van der Waals surface area (Å²) in [5.74, 6) is 1.67. The van der Waals surface area contributed by atoms with E-state index in [9.17, 15) is 0 Å². The molecule has 0 unspecified atom stereocenters. The third-order valence-electron chi connectivity index (χ3n) is 3.84. The minimum atomic E-state index is 0.314. The third kappa shape index (κ3) is 5.36. The molecule has 0 aliphatic rings. The Morgan fingerprint density at radius 1 is 1.08 bits per heavy atom. The first-order valence-electron chi connectivity index (χ1n) is 8.40. The van der Waals surface area contributed by atoms with Crippen LogP contribution in [-0.2, 0) is 17.8 Å². The third-order valence-corrected chi connectivity index (χ3v) is 4.11. The van der Waals surface area contributed by atoms with E-state index < -0.39 is 0 Å². The number of hydrogen-bond acceptors (Lipinski definition) is 4. The van der Waals surface area contributed by atoms with Crippen LogP contribution >= 0.6 is 12.2 Å². The lowest BCUT2D eigenvalue weighted by molar-refractivity contribution is 0.302. The summed E-state index contributed by atoms with van der Waals surface area (Å²) in [6, 6.07) is 12.0. The molecule has 0 fully saturated rings. The quantitative estimate of drug-likeness (QED) is 0.714. The van der Waals surface area contributed by atoms with Gasteiger partial charge >= 0.3 is 0 Å². The van der Waals surface area contributed by atoms with Crippen molar-refractivity contribution in [3.05, 3.63) is 53.1 Å². The zero-order chi connectivity index (χ0) is 18.2. The van der Waals surface area contributed by atoms with E-state index in [1.54, 1.807) is 7.11 Å². The number of aryl methyl sites for hydroxylation is 2. The lowest BCUT2D eigenvalue weighted by Crippen LogP contribution is -2.13. The maximum absolute atomic E-state index is 6.03. The van der Waals surface area contributed by atoms with Gasteiger partial charge in [-0.2, -0.15) is 0 Å². The van der Waals surface area contributed by atoms with E-state index in [0.29, 0.717) is 18.4 Å². The Hall–Kier alpha value is -2.27. The van der Waals surface area contributed by atoms with Crippen LogP contribution < -0.4 is 14.8 Å². The smallest absolute Gasteiger partial charge is 0.260 e. The van der Waals surface area contributed by atoms with E-state index in [2.05, 4.69) is 31.3 Å². The molecule has 1 N–H and O–H groups in total. The van der Waals surface area contributed by atoms with Gasteiger partial charge in [-0.15, -0.1) is 0 Å². The Morgan fingerprint density at radius 2 is 1.88 bits per heavy atom. The molecule has 0 amide bonds. The first-order valence-corrected chi connectivity index (χ1v) is 8.81. The molecule has 0 heterocycles. The van der Waals surface area contributed by atoms with Gasteiger partial charge in [-0.1, -0.05) is 19.1 Å². The Bertz CT molecular complexity index is 731. The molecule has 0 spiro atoms. The molecular formula is C20H25NO3S. The number of hydrogen-bond donors (Lipinski definition) is 1. The van der Waals surface area contributed by atoms with Gasteiger partial charge in [0, 0.05) is 11.3 Å². The van der Waals surface area contributed by atoms with Gasteiger partial charge < -0.3 is 19.5 Å². The molecule has 0 saturated heterocycles. The van der Waals surface area contributed by atoms with Gasteiger partial charge in [0.25, 0.3) is 5.17 Å². The van der Waals surface area contributed by atoms with Crippen LogP contribution in [0.15, 0.2) is 36.4 Å². The molecule has 0 bridgehead atoms. The van der Waals surface area contributed by atoms with Crippen LogP contribution in [0.3, 0.4) is 0 Å². The molecule has 134 valence electrons. The first kappa shape index (κ1) is 19.1. The van der Waals surface area contributed by atoms with Crippen molar-refractivity contribution in [2.75, 3.05) is 19.0 Å². The molecule has 0 atom stereocenters. The zero-order valence-corrected chi connectivity index (χ0v) is 16.0. The summed E-state index contributed by atoms with van der Waals surface area (Å²) in [5, 5.41) is 3.39. The molecule has 0 aliphatic carbocycles. The molecule has 2 aromatic rings.